The SMILES string of the molecule is CCCCC(CC)CCCCCCC(CCCC)CCCCCCCCCCCC(CCCCCCCCCC(=O)O)OCCCCN1CCCC1. The lowest BCUT2D eigenvalue weighted by Crippen LogP contribution is -2.21. The Hall–Kier alpha value is -0.610. The number of nitrogens with zero attached hydrogens (tertiary/aromatic N) is 1. The third kappa shape index (κ3) is 32.8. The van der Waals surface area contributed by atoms with Gasteiger partial charge in [-0.3, -0.25) is 4.79 Å². The molecule has 310 valence electrons. The molecular formula is C48H95NO3. The maximum absolute atomic E-state index is 10.7. The third-order valence-electron chi connectivity index (χ3n) is 12.5. The zero-order valence-corrected chi connectivity index (χ0v) is 35.9. The fourth-order valence-corrected chi connectivity index (χ4v) is 8.77. The van der Waals surface area contributed by atoms with Crippen LogP contribution in [-0.4, -0.2) is 48.3 Å². The number of hydrogen-bond donors (Lipinski definition) is 1. The van der Waals surface area contributed by atoms with E-state index in [4.69, 9.17) is 9.84 Å². The lowest BCUT2D eigenvalue weighted by Gasteiger charge is -2.19. The van der Waals surface area contributed by atoms with E-state index in [1.165, 1.54) is 238 Å². The summed E-state index contributed by atoms with van der Waals surface area (Å²) in [5, 5.41) is 8.81. The van der Waals surface area contributed by atoms with Crippen LogP contribution in [-0.2, 0) is 9.53 Å². The maximum atomic E-state index is 10.7. The molecule has 0 aliphatic carbocycles. The smallest absolute Gasteiger partial charge is 0.303 e. The Kier molecular flexibility index (Phi) is 36.7. The van der Waals surface area contributed by atoms with Gasteiger partial charge in [0.1, 0.15) is 0 Å². The molecule has 4 heteroatoms. The Bertz CT molecular complexity index is 722. The van der Waals surface area contributed by atoms with E-state index in [0.29, 0.717) is 12.5 Å². The van der Waals surface area contributed by atoms with Crippen molar-refractivity contribution in [2.75, 3.05) is 26.2 Å². The summed E-state index contributed by atoms with van der Waals surface area (Å²) >= 11 is 0. The van der Waals surface area contributed by atoms with Crippen molar-refractivity contribution in [3.63, 3.8) is 0 Å². The van der Waals surface area contributed by atoms with E-state index in [-0.39, 0.29) is 0 Å². The number of likely N-dealkylation sites (tertiary alicyclic amines) is 1. The van der Waals surface area contributed by atoms with Crippen LogP contribution in [0.5, 0.6) is 0 Å². The summed E-state index contributed by atoms with van der Waals surface area (Å²) in [5.74, 6) is 1.34. The summed E-state index contributed by atoms with van der Waals surface area (Å²) in [6, 6.07) is 0. The first kappa shape index (κ1) is 49.4. The first-order valence-corrected chi connectivity index (χ1v) is 24.1. The van der Waals surface area contributed by atoms with Crippen LogP contribution in [0, 0.1) is 11.8 Å². The molecule has 4 nitrogen and oxygen atoms in total. The van der Waals surface area contributed by atoms with Crippen LogP contribution in [0.15, 0.2) is 0 Å². The van der Waals surface area contributed by atoms with Crippen molar-refractivity contribution >= 4 is 5.97 Å². The highest BCUT2D eigenvalue weighted by Gasteiger charge is 2.13. The highest BCUT2D eigenvalue weighted by molar-refractivity contribution is 5.66. The van der Waals surface area contributed by atoms with Crippen molar-refractivity contribution in [2.24, 2.45) is 11.8 Å². The number of aliphatic carboxylic acids is 1. The molecule has 0 amide bonds. The summed E-state index contributed by atoms with van der Waals surface area (Å²) in [6.07, 6.45) is 49.8. The summed E-state index contributed by atoms with van der Waals surface area (Å²) in [6.45, 7) is 11.9. The van der Waals surface area contributed by atoms with Gasteiger partial charge in [0.05, 0.1) is 6.10 Å². The normalized spacial score (nSPS) is 15.4. The monoisotopic (exact) mass is 734 g/mol. The minimum absolute atomic E-state index is 0.329. The number of unbranched alkanes of at least 4 members (excludes halogenated alkanes) is 20. The fourth-order valence-electron chi connectivity index (χ4n) is 8.77. The van der Waals surface area contributed by atoms with Crippen molar-refractivity contribution in [3.05, 3.63) is 0 Å². The Balaban J connectivity index is 2.11. The molecule has 0 aromatic carbocycles. The Morgan fingerprint density at radius 3 is 1.37 bits per heavy atom. The van der Waals surface area contributed by atoms with Gasteiger partial charge in [0.15, 0.2) is 0 Å². The number of ether oxygens (including phenoxy) is 1. The zero-order valence-electron chi connectivity index (χ0n) is 35.9. The largest absolute Gasteiger partial charge is 0.481 e. The summed E-state index contributed by atoms with van der Waals surface area (Å²) in [7, 11) is 0. The van der Waals surface area contributed by atoms with Crippen molar-refractivity contribution in [3.8, 4) is 0 Å². The Morgan fingerprint density at radius 2 is 0.904 bits per heavy atom. The summed E-state index contributed by atoms with van der Waals surface area (Å²) in [5.41, 5.74) is 0. The van der Waals surface area contributed by atoms with E-state index >= 15 is 0 Å². The van der Waals surface area contributed by atoms with Crippen molar-refractivity contribution < 1.29 is 14.6 Å². The van der Waals surface area contributed by atoms with E-state index in [9.17, 15) is 4.79 Å². The minimum atomic E-state index is -0.654. The molecule has 0 saturated carbocycles. The zero-order chi connectivity index (χ0) is 37.6. The molecule has 1 aliphatic rings. The Morgan fingerprint density at radius 1 is 0.500 bits per heavy atom. The van der Waals surface area contributed by atoms with Crippen LogP contribution in [0.25, 0.3) is 0 Å². The van der Waals surface area contributed by atoms with Crippen molar-refractivity contribution in [2.45, 2.75) is 264 Å². The second-order valence-electron chi connectivity index (χ2n) is 17.3. The quantitative estimate of drug-likeness (QED) is 0.0635. The van der Waals surface area contributed by atoms with Crippen molar-refractivity contribution in [1.82, 2.24) is 4.90 Å². The van der Waals surface area contributed by atoms with Gasteiger partial charge in [0.2, 0.25) is 0 Å². The van der Waals surface area contributed by atoms with Gasteiger partial charge in [-0.2, -0.15) is 0 Å². The number of rotatable bonds is 42. The lowest BCUT2D eigenvalue weighted by atomic mass is 9.89. The number of carbonyl (C=O) groups is 1. The molecule has 1 N–H and O–H groups in total. The number of carboxylic acid groups (broad SMARTS) is 1. The van der Waals surface area contributed by atoms with Gasteiger partial charge < -0.3 is 14.7 Å². The van der Waals surface area contributed by atoms with Crippen LogP contribution >= 0.6 is 0 Å². The molecule has 0 aromatic rings. The van der Waals surface area contributed by atoms with Crippen LogP contribution in [0.3, 0.4) is 0 Å². The minimum Gasteiger partial charge on any atom is -0.481 e. The molecule has 1 heterocycles. The highest BCUT2D eigenvalue weighted by Crippen LogP contribution is 2.25. The van der Waals surface area contributed by atoms with Gasteiger partial charge in [-0.15, -0.1) is 0 Å². The second-order valence-corrected chi connectivity index (χ2v) is 17.3. The lowest BCUT2D eigenvalue weighted by molar-refractivity contribution is -0.137. The Labute approximate surface area is 327 Å². The molecule has 0 aromatic heterocycles. The first-order chi connectivity index (χ1) is 25.6. The highest BCUT2D eigenvalue weighted by atomic mass is 16.5. The van der Waals surface area contributed by atoms with Gasteiger partial charge in [0.25, 0.3) is 0 Å². The molecule has 0 radical (unpaired) electrons. The molecule has 3 unspecified atom stereocenters. The van der Waals surface area contributed by atoms with E-state index < -0.39 is 5.97 Å². The van der Waals surface area contributed by atoms with E-state index in [2.05, 4.69) is 25.7 Å². The molecule has 1 saturated heterocycles. The average Bonchev–Trinajstić information content (AvgIpc) is 3.67. The van der Waals surface area contributed by atoms with Crippen LogP contribution in [0.1, 0.15) is 258 Å². The molecule has 52 heavy (non-hydrogen) atoms. The summed E-state index contributed by atoms with van der Waals surface area (Å²) < 4.78 is 6.50. The van der Waals surface area contributed by atoms with Crippen molar-refractivity contribution in [1.29, 1.82) is 0 Å². The van der Waals surface area contributed by atoms with Crippen LogP contribution in [0.2, 0.25) is 0 Å². The van der Waals surface area contributed by atoms with Gasteiger partial charge >= 0.3 is 5.97 Å². The van der Waals surface area contributed by atoms with E-state index in [1.54, 1.807) is 0 Å². The van der Waals surface area contributed by atoms with Crippen LogP contribution < -0.4 is 0 Å². The van der Waals surface area contributed by atoms with E-state index in [0.717, 1.165) is 31.3 Å². The standard InChI is InChI=1S/C48H95NO3/c1-4-7-33-45(6-3)35-23-21-22-25-37-46(34-8-5-2)36-24-17-13-10-9-11-14-18-26-38-47(52-44-32-31-43-49-41-29-30-42-49)39-27-19-15-12-16-20-28-40-48(50)51/h45-47H,4-44H2,1-3H3,(H,50,51). The number of carboxylic acids is 1. The maximum Gasteiger partial charge on any atom is 0.303 e. The molecule has 3 atom stereocenters. The summed E-state index contributed by atoms with van der Waals surface area (Å²) in [4.78, 5) is 13.3. The molecule has 0 spiro atoms. The predicted molar refractivity (Wildman–Crippen MR) is 229 cm³/mol. The molecule has 1 rings (SSSR count). The van der Waals surface area contributed by atoms with Crippen LogP contribution in [0.4, 0.5) is 0 Å². The topological polar surface area (TPSA) is 49.8 Å². The molecular weight excluding hydrogens is 639 g/mol. The number of hydrogen-bond acceptors (Lipinski definition) is 3. The molecule has 1 fully saturated rings. The molecule has 1 aliphatic heterocycles. The average molecular weight is 734 g/mol. The third-order valence-corrected chi connectivity index (χ3v) is 12.5. The first-order valence-electron chi connectivity index (χ1n) is 24.1. The predicted octanol–water partition coefficient (Wildman–Crippen LogP) is 15.5. The fraction of sp³-hybridized carbons (Fsp3) is 0.979. The van der Waals surface area contributed by atoms with Gasteiger partial charge in [-0.05, 0) is 76.4 Å². The van der Waals surface area contributed by atoms with Gasteiger partial charge in [-0.25, -0.2) is 0 Å². The second kappa shape index (κ2) is 38.7. The molecule has 0 bridgehead atoms. The van der Waals surface area contributed by atoms with Gasteiger partial charge in [-0.1, -0.05) is 207 Å². The van der Waals surface area contributed by atoms with E-state index in [1.807, 2.05) is 0 Å². The van der Waals surface area contributed by atoms with Gasteiger partial charge in [0, 0.05) is 13.0 Å².